The van der Waals surface area contributed by atoms with Crippen molar-refractivity contribution in [2.45, 2.75) is 4.90 Å². The summed E-state index contributed by atoms with van der Waals surface area (Å²) in [6.45, 7) is -0.829. The second-order valence-corrected chi connectivity index (χ2v) is 4.64. The van der Waals surface area contributed by atoms with E-state index in [9.17, 15) is 18.8 Å². The summed E-state index contributed by atoms with van der Waals surface area (Å²) in [5.74, 6) is -2.53. The van der Waals surface area contributed by atoms with Gasteiger partial charge in [-0.15, -0.1) is 11.8 Å². The summed E-state index contributed by atoms with van der Waals surface area (Å²) in [4.78, 5) is 33.2. The quantitative estimate of drug-likeness (QED) is 0.548. The van der Waals surface area contributed by atoms with Crippen LogP contribution in [-0.4, -0.2) is 36.7 Å². The highest BCUT2D eigenvalue weighted by molar-refractivity contribution is 8.00. The van der Waals surface area contributed by atoms with E-state index in [4.69, 9.17) is 5.73 Å². The lowest BCUT2D eigenvalue weighted by atomic mass is 10.3. The van der Waals surface area contributed by atoms with Gasteiger partial charge in [-0.1, -0.05) is 12.1 Å². The van der Waals surface area contributed by atoms with Crippen molar-refractivity contribution in [2.75, 3.05) is 18.9 Å². The lowest BCUT2D eigenvalue weighted by molar-refractivity contribution is -0.146. The van der Waals surface area contributed by atoms with Crippen LogP contribution in [0.4, 0.5) is 4.39 Å². The number of thioether (sulfide) groups is 1. The molecule has 1 aromatic rings. The Labute approximate surface area is 118 Å². The largest absolute Gasteiger partial charge is 0.455 e. The zero-order valence-electron chi connectivity index (χ0n) is 10.4. The summed E-state index contributed by atoms with van der Waals surface area (Å²) in [5.41, 5.74) is 4.82. The van der Waals surface area contributed by atoms with Gasteiger partial charge >= 0.3 is 5.97 Å². The SMILES string of the molecule is NC(=O)CNC(=O)COC(=O)CSc1ccccc1F. The summed E-state index contributed by atoms with van der Waals surface area (Å²) in [5, 5.41) is 2.16. The van der Waals surface area contributed by atoms with Crippen molar-refractivity contribution >= 4 is 29.5 Å². The maximum absolute atomic E-state index is 13.2. The standard InChI is InChI=1S/C12H13FN2O4S/c13-8-3-1-2-4-9(8)20-7-12(18)19-6-11(17)15-5-10(14)16/h1-4H,5-7H2,(H2,14,16)(H,15,17). The molecule has 0 aliphatic carbocycles. The van der Waals surface area contributed by atoms with Crippen molar-refractivity contribution in [3.8, 4) is 0 Å². The minimum Gasteiger partial charge on any atom is -0.455 e. The molecule has 0 spiro atoms. The van der Waals surface area contributed by atoms with Crippen molar-refractivity contribution in [1.82, 2.24) is 5.32 Å². The van der Waals surface area contributed by atoms with Crippen LogP contribution < -0.4 is 11.1 Å². The van der Waals surface area contributed by atoms with E-state index >= 15 is 0 Å². The smallest absolute Gasteiger partial charge is 0.316 e. The van der Waals surface area contributed by atoms with E-state index < -0.39 is 30.2 Å². The number of esters is 1. The number of rotatable bonds is 7. The third-order valence-electron chi connectivity index (χ3n) is 2.01. The molecule has 2 amide bonds. The molecule has 0 saturated carbocycles. The molecule has 108 valence electrons. The van der Waals surface area contributed by atoms with Gasteiger partial charge in [0.25, 0.3) is 5.91 Å². The highest BCUT2D eigenvalue weighted by Gasteiger charge is 2.10. The number of benzene rings is 1. The van der Waals surface area contributed by atoms with Crippen molar-refractivity contribution in [3.05, 3.63) is 30.1 Å². The van der Waals surface area contributed by atoms with E-state index in [-0.39, 0.29) is 12.3 Å². The topological polar surface area (TPSA) is 98.5 Å². The van der Waals surface area contributed by atoms with Gasteiger partial charge in [0.2, 0.25) is 5.91 Å². The molecule has 8 heteroatoms. The van der Waals surface area contributed by atoms with Gasteiger partial charge in [-0.3, -0.25) is 14.4 Å². The zero-order valence-corrected chi connectivity index (χ0v) is 11.2. The highest BCUT2D eigenvalue weighted by atomic mass is 32.2. The third-order valence-corrected chi connectivity index (χ3v) is 3.03. The van der Waals surface area contributed by atoms with Crippen molar-refractivity contribution in [2.24, 2.45) is 5.73 Å². The molecule has 0 bridgehead atoms. The first kappa shape index (κ1) is 16.0. The van der Waals surface area contributed by atoms with E-state index in [0.717, 1.165) is 11.8 Å². The van der Waals surface area contributed by atoms with Crippen LogP contribution >= 0.6 is 11.8 Å². The predicted molar refractivity (Wildman–Crippen MR) is 70.3 cm³/mol. The molecule has 0 aromatic heterocycles. The van der Waals surface area contributed by atoms with Crippen molar-refractivity contribution in [3.63, 3.8) is 0 Å². The summed E-state index contributed by atoms with van der Waals surface area (Å²) in [6, 6.07) is 6.01. The van der Waals surface area contributed by atoms with Crippen LogP contribution in [0.5, 0.6) is 0 Å². The maximum Gasteiger partial charge on any atom is 0.316 e. The van der Waals surface area contributed by atoms with E-state index in [2.05, 4.69) is 10.1 Å². The van der Waals surface area contributed by atoms with Gasteiger partial charge in [-0.05, 0) is 12.1 Å². The molecule has 0 heterocycles. The molecule has 0 saturated heterocycles. The lowest BCUT2D eigenvalue weighted by Gasteiger charge is -2.05. The minimum atomic E-state index is -0.695. The molecule has 0 fully saturated rings. The van der Waals surface area contributed by atoms with Crippen LogP contribution in [0, 0.1) is 5.82 Å². The van der Waals surface area contributed by atoms with Gasteiger partial charge in [0.1, 0.15) is 5.82 Å². The molecule has 1 rings (SSSR count). The number of carbonyl (C=O) groups excluding carboxylic acids is 3. The fraction of sp³-hybridized carbons (Fsp3) is 0.250. The van der Waals surface area contributed by atoms with Crippen LogP contribution in [0.2, 0.25) is 0 Å². The Morgan fingerprint density at radius 3 is 2.65 bits per heavy atom. The first-order valence-electron chi connectivity index (χ1n) is 5.57. The Morgan fingerprint density at radius 1 is 1.30 bits per heavy atom. The lowest BCUT2D eigenvalue weighted by Crippen LogP contribution is -2.36. The molecular weight excluding hydrogens is 287 g/mol. The first-order chi connectivity index (χ1) is 9.49. The number of ether oxygens (including phenoxy) is 1. The molecule has 3 N–H and O–H groups in total. The van der Waals surface area contributed by atoms with Crippen molar-refractivity contribution < 1.29 is 23.5 Å². The molecule has 0 unspecified atom stereocenters. The average molecular weight is 300 g/mol. The Bertz CT molecular complexity index is 510. The molecule has 0 aliphatic rings. The number of nitrogens with one attached hydrogen (secondary N) is 1. The number of nitrogens with two attached hydrogens (primary N) is 1. The van der Waals surface area contributed by atoms with Gasteiger partial charge in [0.05, 0.1) is 12.3 Å². The molecular formula is C12H13FN2O4S. The van der Waals surface area contributed by atoms with Gasteiger partial charge in [0, 0.05) is 4.90 Å². The molecule has 0 aliphatic heterocycles. The number of hydrogen-bond acceptors (Lipinski definition) is 5. The monoisotopic (exact) mass is 300 g/mol. The van der Waals surface area contributed by atoms with Crippen LogP contribution in [-0.2, 0) is 19.1 Å². The Kier molecular flexibility index (Phi) is 6.51. The maximum atomic E-state index is 13.2. The molecule has 6 nitrogen and oxygen atoms in total. The molecule has 20 heavy (non-hydrogen) atoms. The summed E-state index contributed by atoms with van der Waals surface area (Å²) < 4.78 is 17.9. The molecule has 0 radical (unpaired) electrons. The highest BCUT2D eigenvalue weighted by Crippen LogP contribution is 2.20. The Hall–Kier alpha value is -2.09. The Balaban J connectivity index is 2.25. The number of carbonyl (C=O) groups is 3. The van der Waals surface area contributed by atoms with Gasteiger partial charge in [-0.25, -0.2) is 4.39 Å². The number of hydrogen-bond donors (Lipinski definition) is 2. The predicted octanol–water partition coefficient (Wildman–Crippen LogP) is 0.0625. The summed E-state index contributed by atoms with van der Waals surface area (Å²) in [7, 11) is 0. The number of primary amides is 1. The molecule has 1 aromatic carbocycles. The average Bonchev–Trinajstić information content (AvgIpc) is 2.42. The van der Waals surface area contributed by atoms with Gasteiger partial charge in [0.15, 0.2) is 6.61 Å². The Morgan fingerprint density at radius 2 is 2.00 bits per heavy atom. The fourth-order valence-electron chi connectivity index (χ4n) is 1.12. The van der Waals surface area contributed by atoms with Gasteiger partial charge < -0.3 is 15.8 Å². The fourth-order valence-corrected chi connectivity index (χ4v) is 1.86. The summed E-state index contributed by atoms with van der Waals surface area (Å²) in [6.07, 6.45) is 0. The van der Waals surface area contributed by atoms with Crippen LogP contribution in [0.15, 0.2) is 29.2 Å². The minimum absolute atomic E-state index is 0.121. The van der Waals surface area contributed by atoms with E-state index in [1.165, 1.54) is 12.1 Å². The summed E-state index contributed by atoms with van der Waals surface area (Å²) >= 11 is 0.970. The van der Waals surface area contributed by atoms with E-state index in [0.29, 0.717) is 4.90 Å². The number of amides is 2. The van der Waals surface area contributed by atoms with Crippen molar-refractivity contribution in [1.29, 1.82) is 0 Å². The third kappa shape index (κ3) is 6.19. The van der Waals surface area contributed by atoms with Crippen LogP contribution in [0.25, 0.3) is 0 Å². The second kappa shape index (κ2) is 8.16. The normalized spacial score (nSPS) is 9.85. The van der Waals surface area contributed by atoms with Gasteiger partial charge in [-0.2, -0.15) is 0 Å². The number of halogens is 1. The van der Waals surface area contributed by atoms with Crippen LogP contribution in [0.1, 0.15) is 0 Å². The van der Waals surface area contributed by atoms with E-state index in [1.54, 1.807) is 12.1 Å². The second-order valence-electron chi connectivity index (χ2n) is 3.62. The first-order valence-corrected chi connectivity index (χ1v) is 6.55. The van der Waals surface area contributed by atoms with E-state index in [1.807, 2.05) is 0 Å². The molecule has 0 atom stereocenters. The zero-order chi connectivity index (χ0) is 15.0. The van der Waals surface area contributed by atoms with Crippen LogP contribution in [0.3, 0.4) is 0 Å².